The van der Waals surface area contributed by atoms with Crippen LogP contribution in [0.2, 0.25) is 0 Å². The fourth-order valence-electron chi connectivity index (χ4n) is 4.61. The summed E-state index contributed by atoms with van der Waals surface area (Å²) in [7, 11) is 0. The molecule has 0 aromatic heterocycles. The zero-order chi connectivity index (χ0) is 21.5. The first-order chi connectivity index (χ1) is 15.0. The van der Waals surface area contributed by atoms with Crippen LogP contribution in [-0.2, 0) is 22.7 Å². The number of imide groups is 1. The third-order valence-electron chi connectivity index (χ3n) is 6.30. The lowest BCUT2D eigenvalue weighted by atomic mass is 10.0. The maximum atomic E-state index is 13.0. The van der Waals surface area contributed by atoms with E-state index in [9.17, 15) is 14.4 Å². The SMILES string of the molecule is NC1CN(c2ccccc2NCc2cccc3c2CN(C2CCC(=O)NC2=O)C3=O)C1. The highest BCUT2D eigenvalue weighted by molar-refractivity contribution is 6.05. The van der Waals surface area contributed by atoms with Crippen LogP contribution < -0.4 is 21.3 Å². The van der Waals surface area contributed by atoms with E-state index in [0.717, 1.165) is 35.6 Å². The number of nitrogens with two attached hydrogens (primary N) is 1. The molecule has 31 heavy (non-hydrogen) atoms. The van der Waals surface area contributed by atoms with Gasteiger partial charge in [0.25, 0.3) is 5.91 Å². The van der Waals surface area contributed by atoms with Gasteiger partial charge in [-0.15, -0.1) is 0 Å². The number of anilines is 2. The number of hydrogen-bond acceptors (Lipinski definition) is 6. The predicted octanol–water partition coefficient (Wildman–Crippen LogP) is 1.21. The Morgan fingerprint density at radius 1 is 1.06 bits per heavy atom. The van der Waals surface area contributed by atoms with Crippen LogP contribution in [-0.4, -0.2) is 47.8 Å². The Bertz CT molecular complexity index is 1060. The number of nitrogens with one attached hydrogen (secondary N) is 2. The first-order valence-electron chi connectivity index (χ1n) is 10.6. The highest BCUT2D eigenvalue weighted by Gasteiger charge is 2.39. The first kappa shape index (κ1) is 19.6. The van der Waals surface area contributed by atoms with Crippen molar-refractivity contribution in [2.45, 2.75) is 38.0 Å². The van der Waals surface area contributed by atoms with Crippen LogP contribution in [0.3, 0.4) is 0 Å². The second-order valence-electron chi connectivity index (χ2n) is 8.38. The molecule has 0 aliphatic carbocycles. The minimum absolute atomic E-state index is 0.152. The molecule has 160 valence electrons. The molecule has 2 aromatic rings. The summed E-state index contributed by atoms with van der Waals surface area (Å²) in [6.07, 6.45) is 0.616. The molecule has 3 amide bonds. The van der Waals surface area contributed by atoms with Crippen molar-refractivity contribution >= 4 is 29.1 Å². The highest BCUT2D eigenvalue weighted by atomic mass is 16.2. The average molecular weight is 419 g/mol. The fourth-order valence-corrected chi connectivity index (χ4v) is 4.61. The van der Waals surface area contributed by atoms with Gasteiger partial charge in [-0.2, -0.15) is 0 Å². The van der Waals surface area contributed by atoms with Gasteiger partial charge in [-0.1, -0.05) is 24.3 Å². The van der Waals surface area contributed by atoms with Crippen LogP contribution in [0.4, 0.5) is 11.4 Å². The summed E-state index contributed by atoms with van der Waals surface area (Å²) in [6, 6.07) is 13.4. The molecule has 4 N–H and O–H groups in total. The summed E-state index contributed by atoms with van der Waals surface area (Å²) in [5.74, 6) is -0.822. The van der Waals surface area contributed by atoms with Crippen molar-refractivity contribution in [1.29, 1.82) is 0 Å². The second-order valence-corrected chi connectivity index (χ2v) is 8.38. The number of benzene rings is 2. The predicted molar refractivity (Wildman–Crippen MR) is 116 cm³/mol. The van der Waals surface area contributed by atoms with Gasteiger partial charge in [0.1, 0.15) is 6.04 Å². The standard InChI is InChI=1S/C23H25N5O3/c24-15-11-27(12-15)19-7-2-1-6-18(19)25-10-14-4-3-5-16-17(14)13-28(23(16)31)20-8-9-21(29)26-22(20)30/h1-7,15,20,25H,8-13,24H2,(H,26,29,30). The lowest BCUT2D eigenvalue weighted by Gasteiger charge is -2.39. The number of carbonyl (C=O) groups excluding carboxylic acids is 3. The van der Waals surface area contributed by atoms with E-state index >= 15 is 0 Å². The molecule has 0 radical (unpaired) electrons. The van der Waals surface area contributed by atoms with Crippen LogP contribution in [0.5, 0.6) is 0 Å². The molecule has 2 saturated heterocycles. The minimum Gasteiger partial charge on any atom is -0.379 e. The zero-order valence-corrected chi connectivity index (χ0v) is 17.1. The Morgan fingerprint density at radius 3 is 2.65 bits per heavy atom. The van der Waals surface area contributed by atoms with Crippen molar-refractivity contribution in [2.75, 3.05) is 23.3 Å². The number of amides is 3. The van der Waals surface area contributed by atoms with E-state index in [1.54, 1.807) is 4.90 Å². The molecule has 1 unspecified atom stereocenters. The summed E-state index contributed by atoms with van der Waals surface area (Å²) in [4.78, 5) is 40.6. The fraction of sp³-hybridized carbons (Fsp3) is 0.348. The summed E-state index contributed by atoms with van der Waals surface area (Å²) < 4.78 is 0. The van der Waals surface area contributed by atoms with Crippen LogP contribution in [0.1, 0.15) is 34.3 Å². The van der Waals surface area contributed by atoms with Gasteiger partial charge in [0.2, 0.25) is 11.8 Å². The number of piperidine rings is 1. The smallest absolute Gasteiger partial charge is 0.255 e. The topological polar surface area (TPSA) is 108 Å². The van der Waals surface area contributed by atoms with Crippen molar-refractivity contribution in [3.8, 4) is 0 Å². The van der Waals surface area contributed by atoms with Gasteiger partial charge in [0, 0.05) is 44.2 Å². The largest absolute Gasteiger partial charge is 0.379 e. The molecule has 2 aromatic carbocycles. The molecule has 3 heterocycles. The molecule has 8 nitrogen and oxygen atoms in total. The van der Waals surface area contributed by atoms with E-state index in [1.165, 1.54) is 0 Å². The van der Waals surface area contributed by atoms with Crippen molar-refractivity contribution in [3.63, 3.8) is 0 Å². The van der Waals surface area contributed by atoms with Gasteiger partial charge in [0.15, 0.2) is 0 Å². The summed E-state index contributed by atoms with van der Waals surface area (Å²) >= 11 is 0. The molecular formula is C23H25N5O3. The van der Waals surface area contributed by atoms with Gasteiger partial charge in [0.05, 0.1) is 11.4 Å². The molecule has 3 aliphatic heterocycles. The number of rotatable bonds is 5. The third kappa shape index (κ3) is 3.53. The Balaban J connectivity index is 1.34. The van der Waals surface area contributed by atoms with Gasteiger partial charge in [-0.25, -0.2) is 0 Å². The Morgan fingerprint density at radius 2 is 1.87 bits per heavy atom. The normalized spacial score (nSPS) is 21.1. The Hall–Kier alpha value is -3.39. The highest BCUT2D eigenvalue weighted by Crippen LogP contribution is 2.32. The van der Waals surface area contributed by atoms with E-state index in [0.29, 0.717) is 25.1 Å². The second kappa shape index (κ2) is 7.70. The summed E-state index contributed by atoms with van der Waals surface area (Å²) in [5, 5.41) is 5.86. The maximum absolute atomic E-state index is 13.0. The number of carbonyl (C=O) groups is 3. The minimum atomic E-state index is -0.602. The van der Waals surface area contributed by atoms with E-state index in [1.807, 2.05) is 36.4 Å². The quantitative estimate of drug-likeness (QED) is 0.629. The Labute approximate surface area is 180 Å². The van der Waals surface area contributed by atoms with Crippen molar-refractivity contribution < 1.29 is 14.4 Å². The van der Waals surface area contributed by atoms with Crippen LogP contribution in [0.15, 0.2) is 42.5 Å². The maximum Gasteiger partial charge on any atom is 0.255 e. The van der Waals surface area contributed by atoms with Gasteiger partial charge in [-0.3, -0.25) is 19.7 Å². The van der Waals surface area contributed by atoms with Crippen LogP contribution in [0, 0.1) is 0 Å². The lowest BCUT2D eigenvalue weighted by molar-refractivity contribution is -0.136. The van der Waals surface area contributed by atoms with Crippen LogP contribution >= 0.6 is 0 Å². The van der Waals surface area contributed by atoms with E-state index < -0.39 is 11.9 Å². The van der Waals surface area contributed by atoms with E-state index in [4.69, 9.17) is 5.73 Å². The lowest BCUT2D eigenvalue weighted by Crippen LogP contribution is -2.56. The van der Waals surface area contributed by atoms with Gasteiger partial charge < -0.3 is 20.9 Å². The van der Waals surface area contributed by atoms with E-state index in [2.05, 4.69) is 21.6 Å². The van der Waals surface area contributed by atoms with Crippen molar-refractivity contribution in [2.24, 2.45) is 5.73 Å². The zero-order valence-electron chi connectivity index (χ0n) is 17.1. The number of hydrogen-bond donors (Lipinski definition) is 3. The molecule has 0 spiro atoms. The van der Waals surface area contributed by atoms with Gasteiger partial charge >= 0.3 is 0 Å². The molecule has 1 atom stereocenters. The summed E-state index contributed by atoms with van der Waals surface area (Å²) in [6.45, 7) is 2.63. The average Bonchev–Trinajstić information content (AvgIpc) is 3.07. The first-order valence-corrected chi connectivity index (χ1v) is 10.6. The molecular weight excluding hydrogens is 394 g/mol. The molecule has 0 saturated carbocycles. The molecule has 2 fully saturated rings. The van der Waals surface area contributed by atoms with E-state index in [-0.39, 0.29) is 24.3 Å². The van der Waals surface area contributed by atoms with Gasteiger partial charge in [-0.05, 0) is 35.7 Å². The van der Waals surface area contributed by atoms with Crippen molar-refractivity contribution in [3.05, 3.63) is 59.2 Å². The Kier molecular flexibility index (Phi) is 4.86. The number of nitrogens with zero attached hydrogens (tertiary/aromatic N) is 2. The number of fused-ring (bicyclic) bond motifs is 1. The third-order valence-corrected chi connectivity index (χ3v) is 6.30. The van der Waals surface area contributed by atoms with Crippen molar-refractivity contribution in [1.82, 2.24) is 10.2 Å². The molecule has 3 aliphatic rings. The molecule has 0 bridgehead atoms. The molecule has 8 heteroatoms. The number of para-hydroxylation sites is 2. The summed E-state index contributed by atoms with van der Waals surface area (Å²) in [5.41, 5.74) is 10.7. The molecule has 5 rings (SSSR count). The monoisotopic (exact) mass is 419 g/mol. The van der Waals surface area contributed by atoms with Crippen LogP contribution in [0.25, 0.3) is 0 Å².